The van der Waals surface area contributed by atoms with Crippen LogP contribution in [0.4, 0.5) is 0 Å². The fraction of sp³-hybridized carbons (Fsp3) is 0.955. The average molecular weight is 768 g/mol. The Balaban J connectivity index is 4.39. The number of carbonyl (C=O) groups is 2. The van der Waals surface area contributed by atoms with Crippen LogP contribution in [0, 0.1) is 0 Å². The molecule has 0 fully saturated rings. The molecule has 2 radical (unpaired) electrons. The van der Waals surface area contributed by atoms with Crippen LogP contribution in [0.2, 0.25) is 0 Å². The number of nitrogens with zero attached hydrogens (tertiary/aromatic N) is 1. The van der Waals surface area contributed by atoms with Crippen LogP contribution >= 0.6 is 0 Å². The highest BCUT2D eigenvalue weighted by Gasteiger charge is 2.35. The normalized spacial score (nSPS) is 13.1. The molecule has 0 aliphatic carbocycles. The van der Waals surface area contributed by atoms with Gasteiger partial charge in [-0.15, -0.1) is 0 Å². The van der Waals surface area contributed by atoms with Gasteiger partial charge in [-0.2, -0.15) is 0 Å². The second-order valence-electron chi connectivity index (χ2n) is 15.9. The summed E-state index contributed by atoms with van der Waals surface area (Å²) in [7, 11) is 5.48. The molecule has 0 aliphatic rings. The number of hydrogen-bond donors (Lipinski definition) is 4. The molecule has 10 heteroatoms. The number of carbonyl (C=O) groups excluding carboxylic acids is 2. The average Bonchev–Trinajstić information content (AvgIpc) is 3.14. The van der Waals surface area contributed by atoms with Gasteiger partial charge in [0.15, 0.2) is 6.10 Å². The lowest BCUT2D eigenvalue weighted by Gasteiger charge is -2.37. The summed E-state index contributed by atoms with van der Waals surface area (Å²) in [5, 5.41) is 41.4. The quantitative estimate of drug-likeness (QED) is 0.0207. The van der Waals surface area contributed by atoms with Gasteiger partial charge in [-0.3, -0.25) is 9.69 Å². The summed E-state index contributed by atoms with van der Waals surface area (Å²) in [6.07, 6.45) is 31.1. The van der Waals surface area contributed by atoms with E-state index in [0.717, 1.165) is 64.2 Å². The van der Waals surface area contributed by atoms with E-state index >= 15 is 0 Å². The van der Waals surface area contributed by atoms with Crippen LogP contribution in [-0.4, -0.2) is 88.9 Å². The van der Waals surface area contributed by atoms with Crippen LogP contribution in [0.25, 0.3) is 0 Å². The molecule has 0 saturated heterocycles. The summed E-state index contributed by atoms with van der Waals surface area (Å²) < 4.78 is 11.2. The zero-order valence-electron chi connectivity index (χ0n) is 35.4. The molecule has 0 amide bonds. The summed E-state index contributed by atoms with van der Waals surface area (Å²) >= 11 is 0. The number of esters is 2. The third-order valence-corrected chi connectivity index (χ3v) is 10.7. The summed E-state index contributed by atoms with van der Waals surface area (Å²) in [6.45, 7) is 7.74. The summed E-state index contributed by atoms with van der Waals surface area (Å²) in [4.78, 5) is 26.3. The number of hydrogen-bond acceptors (Lipinski definition) is 9. The SMILES string of the molecule is [B]C(O)C(O)(O)N(CCCCCCC(O)C(=O)OC(CCCCCCCC)CCCCCCCC)CCCCCC(=O)OCCCCCCCCCCC. The van der Waals surface area contributed by atoms with Gasteiger partial charge < -0.3 is 29.9 Å². The molecule has 0 spiro atoms. The number of aliphatic hydroxyl groups excluding tert-OH is 2. The highest BCUT2D eigenvalue weighted by molar-refractivity contribution is 6.11. The van der Waals surface area contributed by atoms with E-state index in [1.54, 1.807) is 0 Å². The van der Waals surface area contributed by atoms with Gasteiger partial charge in [0.05, 0.1) is 12.6 Å². The second-order valence-corrected chi connectivity index (χ2v) is 15.9. The van der Waals surface area contributed by atoms with Gasteiger partial charge in [0.1, 0.15) is 14.0 Å². The van der Waals surface area contributed by atoms with Gasteiger partial charge in [-0.1, -0.05) is 162 Å². The maximum absolute atomic E-state index is 12.8. The molecule has 2 atom stereocenters. The minimum atomic E-state index is -2.56. The van der Waals surface area contributed by atoms with Crippen LogP contribution in [-0.2, 0) is 19.1 Å². The van der Waals surface area contributed by atoms with Crippen LogP contribution in [0.3, 0.4) is 0 Å². The van der Waals surface area contributed by atoms with Crippen LogP contribution in [0.15, 0.2) is 0 Å². The van der Waals surface area contributed by atoms with Crippen molar-refractivity contribution in [2.45, 2.75) is 250 Å². The highest BCUT2D eigenvalue weighted by Crippen LogP contribution is 2.20. The molecule has 0 bridgehead atoms. The molecule has 0 aromatic rings. The highest BCUT2D eigenvalue weighted by atomic mass is 16.6. The van der Waals surface area contributed by atoms with Gasteiger partial charge in [0.25, 0.3) is 0 Å². The first-order chi connectivity index (χ1) is 26.1. The fourth-order valence-electron chi connectivity index (χ4n) is 6.97. The van der Waals surface area contributed by atoms with Gasteiger partial charge >= 0.3 is 11.9 Å². The van der Waals surface area contributed by atoms with E-state index in [9.17, 15) is 30.0 Å². The second kappa shape index (κ2) is 37.4. The Labute approximate surface area is 333 Å². The van der Waals surface area contributed by atoms with E-state index in [-0.39, 0.29) is 12.1 Å². The molecule has 4 N–H and O–H groups in total. The van der Waals surface area contributed by atoms with E-state index in [1.165, 1.54) is 101 Å². The number of rotatable bonds is 41. The minimum Gasteiger partial charge on any atom is -0.466 e. The maximum atomic E-state index is 12.8. The third-order valence-electron chi connectivity index (χ3n) is 10.7. The first kappa shape index (κ1) is 52.8. The Bertz CT molecular complexity index is 829. The smallest absolute Gasteiger partial charge is 0.335 e. The molecule has 0 rings (SSSR count). The van der Waals surface area contributed by atoms with Crippen molar-refractivity contribution in [3.63, 3.8) is 0 Å². The van der Waals surface area contributed by atoms with Gasteiger partial charge in [-0.25, -0.2) is 4.79 Å². The van der Waals surface area contributed by atoms with E-state index in [2.05, 4.69) is 20.8 Å². The first-order valence-corrected chi connectivity index (χ1v) is 22.8. The minimum absolute atomic E-state index is 0.131. The van der Waals surface area contributed by atoms with Crippen LogP contribution < -0.4 is 0 Å². The Morgan fingerprint density at radius 1 is 0.556 bits per heavy atom. The predicted octanol–water partition coefficient (Wildman–Crippen LogP) is 9.77. The van der Waals surface area contributed by atoms with E-state index in [4.69, 9.17) is 17.3 Å². The van der Waals surface area contributed by atoms with Crippen molar-refractivity contribution in [2.75, 3.05) is 19.7 Å². The molecule has 54 heavy (non-hydrogen) atoms. The molecule has 9 nitrogen and oxygen atoms in total. The first-order valence-electron chi connectivity index (χ1n) is 22.8. The summed E-state index contributed by atoms with van der Waals surface area (Å²) in [5.41, 5.74) is 0. The maximum Gasteiger partial charge on any atom is 0.335 e. The van der Waals surface area contributed by atoms with Crippen molar-refractivity contribution in [3.8, 4) is 0 Å². The lowest BCUT2D eigenvalue weighted by molar-refractivity contribution is -0.293. The van der Waals surface area contributed by atoms with Crippen molar-refractivity contribution < 1.29 is 39.5 Å². The largest absolute Gasteiger partial charge is 0.466 e. The predicted molar refractivity (Wildman–Crippen MR) is 222 cm³/mol. The van der Waals surface area contributed by atoms with Crippen molar-refractivity contribution >= 4 is 19.8 Å². The monoisotopic (exact) mass is 768 g/mol. The van der Waals surface area contributed by atoms with Crippen molar-refractivity contribution in [1.29, 1.82) is 0 Å². The Morgan fingerprint density at radius 2 is 0.944 bits per heavy atom. The van der Waals surface area contributed by atoms with E-state index < -0.39 is 24.0 Å². The van der Waals surface area contributed by atoms with Gasteiger partial charge in [0, 0.05) is 19.5 Å². The molecule has 318 valence electrons. The lowest BCUT2D eigenvalue weighted by atomic mass is 9.95. The van der Waals surface area contributed by atoms with Crippen molar-refractivity contribution in [1.82, 2.24) is 4.90 Å². The van der Waals surface area contributed by atoms with Crippen LogP contribution in [0.1, 0.15) is 226 Å². The Kier molecular flexibility index (Phi) is 36.6. The number of aliphatic hydroxyl groups is 4. The zero-order valence-corrected chi connectivity index (χ0v) is 35.4. The third kappa shape index (κ3) is 31.0. The molecule has 0 aromatic heterocycles. The summed E-state index contributed by atoms with van der Waals surface area (Å²) in [6, 6.07) is -1.85. The number of unbranched alkanes of at least 4 members (excludes halogenated alkanes) is 23. The van der Waals surface area contributed by atoms with Gasteiger partial charge in [0.2, 0.25) is 5.91 Å². The molecular weight excluding hydrogens is 681 g/mol. The molecule has 0 aromatic carbocycles. The summed E-state index contributed by atoms with van der Waals surface area (Å²) in [5.74, 6) is -3.27. The van der Waals surface area contributed by atoms with Gasteiger partial charge in [-0.05, 0) is 57.8 Å². The van der Waals surface area contributed by atoms with E-state index in [1.807, 2.05) is 0 Å². The van der Waals surface area contributed by atoms with Crippen molar-refractivity contribution in [3.05, 3.63) is 0 Å². The molecule has 0 aliphatic heterocycles. The zero-order chi connectivity index (χ0) is 40.1. The molecule has 2 unspecified atom stereocenters. The Morgan fingerprint density at radius 3 is 1.41 bits per heavy atom. The fourth-order valence-corrected chi connectivity index (χ4v) is 6.97. The standard InChI is InChI=1S/C44H86BNO8/c1-4-7-10-13-16-17-18-23-31-38-53-41(48)35-28-24-30-37-46(44(51,52)43(45)50)36-29-22-21-27-34-40(47)42(49)54-39(32-25-19-14-11-8-5-2)33-26-20-15-12-9-6-3/h39-40,43,47,50-52H,4-38H2,1-3H3. The van der Waals surface area contributed by atoms with E-state index in [0.29, 0.717) is 64.6 Å². The molecule has 0 saturated carbocycles. The topological polar surface area (TPSA) is 137 Å². The number of ether oxygens (including phenoxy) is 2. The lowest BCUT2D eigenvalue weighted by Crippen LogP contribution is -2.57. The molecular formula is C44H86BNO8. The van der Waals surface area contributed by atoms with Crippen molar-refractivity contribution in [2.24, 2.45) is 0 Å². The molecule has 0 heterocycles. The Hall–Kier alpha value is -1.20. The van der Waals surface area contributed by atoms with Crippen LogP contribution in [0.5, 0.6) is 0 Å².